The highest BCUT2D eigenvalue weighted by atomic mass is 16.4. The van der Waals surface area contributed by atoms with Gasteiger partial charge in [0.1, 0.15) is 0 Å². The Morgan fingerprint density at radius 2 is 1.95 bits per heavy atom. The van der Waals surface area contributed by atoms with Crippen molar-refractivity contribution < 1.29 is 9.90 Å². The van der Waals surface area contributed by atoms with Crippen LogP contribution in [0.3, 0.4) is 0 Å². The van der Waals surface area contributed by atoms with Gasteiger partial charge in [-0.15, -0.1) is 0 Å². The van der Waals surface area contributed by atoms with Crippen LogP contribution in [0, 0.1) is 5.92 Å². The smallest absolute Gasteiger partial charge is 0.317 e. The van der Waals surface area contributed by atoms with Crippen molar-refractivity contribution in [2.24, 2.45) is 5.92 Å². The molecule has 0 atom stereocenters. The van der Waals surface area contributed by atoms with E-state index < -0.39 is 5.97 Å². The Hall–Kier alpha value is -1.39. The number of nitrogens with one attached hydrogen (secondary N) is 1. The van der Waals surface area contributed by atoms with Gasteiger partial charge >= 0.3 is 5.97 Å². The maximum atomic E-state index is 11.0. The summed E-state index contributed by atoms with van der Waals surface area (Å²) in [7, 11) is 0. The lowest BCUT2D eigenvalue weighted by Crippen LogP contribution is -2.54. The molecule has 2 saturated carbocycles. The Balaban J connectivity index is 1.41. The van der Waals surface area contributed by atoms with Gasteiger partial charge in [0, 0.05) is 25.2 Å². The fourth-order valence-electron chi connectivity index (χ4n) is 3.06. The van der Waals surface area contributed by atoms with Crippen molar-refractivity contribution >= 4 is 5.97 Å². The molecule has 21 heavy (non-hydrogen) atoms. The zero-order chi connectivity index (χ0) is 14.7. The minimum Gasteiger partial charge on any atom is -0.480 e. The Morgan fingerprint density at radius 1 is 1.24 bits per heavy atom. The van der Waals surface area contributed by atoms with E-state index in [1.807, 2.05) is 6.07 Å². The van der Waals surface area contributed by atoms with E-state index in [4.69, 9.17) is 5.11 Å². The van der Waals surface area contributed by atoms with Crippen molar-refractivity contribution in [3.63, 3.8) is 0 Å². The Labute approximate surface area is 126 Å². The van der Waals surface area contributed by atoms with Crippen LogP contribution in [-0.2, 0) is 11.3 Å². The van der Waals surface area contributed by atoms with Gasteiger partial charge in [-0.25, -0.2) is 0 Å². The molecule has 1 aromatic carbocycles. The van der Waals surface area contributed by atoms with E-state index in [1.165, 1.54) is 18.4 Å². The summed E-state index contributed by atoms with van der Waals surface area (Å²) >= 11 is 0. The third-order valence-electron chi connectivity index (χ3n) is 4.60. The molecule has 4 nitrogen and oxygen atoms in total. The van der Waals surface area contributed by atoms with Crippen molar-refractivity contribution in [1.82, 2.24) is 10.2 Å². The van der Waals surface area contributed by atoms with Crippen LogP contribution in [-0.4, -0.2) is 41.1 Å². The second kappa shape index (κ2) is 6.58. The number of aliphatic carboxylic acids is 1. The zero-order valence-corrected chi connectivity index (χ0v) is 12.4. The predicted octanol–water partition coefficient (Wildman–Crippen LogP) is 2.10. The van der Waals surface area contributed by atoms with Crippen LogP contribution in [0.15, 0.2) is 30.3 Å². The standard InChI is InChI=1S/C17H24N2O2/c20-17(21)12-19(11-14-6-7-14)16-8-15(9-16)18-10-13-4-2-1-3-5-13/h1-5,14-16,18H,6-12H2,(H,20,21). The second-order valence-electron chi connectivity index (χ2n) is 6.46. The Morgan fingerprint density at radius 3 is 2.57 bits per heavy atom. The molecule has 4 heteroatoms. The van der Waals surface area contributed by atoms with Crippen molar-refractivity contribution in [3.8, 4) is 0 Å². The van der Waals surface area contributed by atoms with Gasteiger partial charge in [-0.1, -0.05) is 30.3 Å². The topological polar surface area (TPSA) is 52.6 Å². The third-order valence-corrected chi connectivity index (χ3v) is 4.60. The highest BCUT2D eigenvalue weighted by molar-refractivity contribution is 5.69. The van der Waals surface area contributed by atoms with Gasteiger partial charge in [0.05, 0.1) is 6.54 Å². The molecule has 0 aliphatic heterocycles. The number of carboxylic acid groups (broad SMARTS) is 1. The maximum Gasteiger partial charge on any atom is 0.317 e. The zero-order valence-electron chi connectivity index (χ0n) is 12.4. The molecule has 2 aliphatic carbocycles. The highest BCUT2D eigenvalue weighted by Crippen LogP contribution is 2.33. The lowest BCUT2D eigenvalue weighted by atomic mass is 9.85. The number of carboxylic acids is 1. The van der Waals surface area contributed by atoms with E-state index >= 15 is 0 Å². The predicted molar refractivity (Wildman–Crippen MR) is 82.0 cm³/mol. The van der Waals surface area contributed by atoms with Crippen molar-refractivity contribution in [2.45, 2.75) is 44.3 Å². The molecule has 2 aliphatic rings. The molecule has 2 N–H and O–H groups in total. The maximum absolute atomic E-state index is 11.0. The van der Waals surface area contributed by atoms with E-state index in [1.54, 1.807) is 0 Å². The van der Waals surface area contributed by atoms with Crippen LogP contribution < -0.4 is 5.32 Å². The molecule has 0 bridgehead atoms. The van der Waals surface area contributed by atoms with Gasteiger partial charge in [0.25, 0.3) is 0 Å². The van der Waals surface area contributed by atoms with Crippen LogP contribution in [0.1, 0.15) is 31.2 Å². The number of carbonyl (C=O) groups is 1. The molecule has 2 fully saturated rings. The van der Waals surface area contributed by atoms with Crippen LogP contribution >= 0.6 is 0 Å². The van der Waals surface area contributed by atoms with Gasteiger partial charge in [-0.05, 0) is 37.2 Å². The lowest BCUT2D eigenvalue weighted by molar-refractivity contribution is -0.139. The van der Waals surface area contributed by atoms with Crippen LogP contribution in [0.25, 0.3) is 0 Å². The summed E-state index contributed by atoms with van der Waals surface area (Å²) in [6, 6.07) is 11.4. The van der Waals surface area contributed by atoms with Crippen LogP contribution in [0.5, 0.6) is 0 Å². The van der Waals surface area contributed by atoms with E-state index in [9.17, 15) is 4.79 Å². The fourth-order valence-corrected chi connectivity index (χ4v) is 3.06. The molecule has 3 rings (SSSR count). The first kappa shape index (κ1) is 14.5. The first-order chi connectivity index (χ1) is 10.2. The molecule has 0 heterocycles. The number of benzene rings is 1. The molecule has 0 unspecified atom stereocenters. The van der Waals surface area contributed by atoms with Crippen LogP contribution in [0.2, 0.25) is 0 Å². The molecule has 0 radical (unpaired) electrons. The first-order valence-corrected chi connectivity index (χ1v) is 7.94. The normalized spacial score (nSPS) is 24.8. The van der Waals surface area contributed by atoms with E-state index in [0.29, 0.717) is 12.1 Å². The monoisotopic (exact) mass is 288 g/mol. The van der Waals surface area contributed by atoms with Gasteiger partial charge in [0.2, 0.25) is 0 Å². The molecular formula is C17H24N2O2. The number of nitrogens with zero attached hydrogens (tertiary/aromatic N) is 1. The fraction of sp³-hybridized carbons (Fsp3) is 0.588. The molecule has 114 valence electrons. The van der Waals surface area contributed by atoms with Gasteiger partial charge in [-0.3, -0.25) is 9.69 Å². The average molecular weight is 288 g/mol. The van der Waals surface area contributed by atoms with Crippen molar-refractivity contribution in [1.29, 1.82) is 0 Å². The largest absolute Gasteiger partial charge is 0.480 e. The van der Waals surface area contributed by atoms with E-state index in [-0.39, 0.29) is 6.54 Å². The lowest BCUT2D eigenvalue weighted by Gasteiger charge is -2.43. The number of hydrogen-bond acceptors (Lipinski definition) is 3. The number of hydrogen-bond donors (Lipinski definition) is 2. The van der Waals surface area contributed by atoms with Gasteiger partial charge in [0.15, 0.2) is 0 Å². The summed E-state index contributed by atoms with van der Waals surface area (Å²) in [6.07, 6.45) is 4.71. The third kappa shape index (κ3) is 4.29. The number of rotatable bonds is 8. The molecule has 0 amide bonds. The van der Waals surface area contributed by atoms with E-state index in [2.05, 4.69) is 34.5 Å². The van der Waals surface area contributed by atoms with Crippen LogP contribution in [0.4, 0.5) is 0 Å². The average Bonchev–Trinajstić information content (AvgIpc) is 3.21. The minimum absolute atomic E-state index is 0.201. The first-order valence-electron chi connectivity index (χ1n) is 7.94. The summed E-state index contributed by atoms with van der Waals surface area (Å²) in [6.45, 7) is 2.08. The quantitative estimate of drug-likeness (QED) is 0.769. The molecule has 0 saturated heterocycles. The van der Waals surface area contributed by atoms with E-state index in [0.717, 1.165) is 31.8 Å². The Kier molecular flexibility index (Phi) is 4.56. The molecule has 0 aromatic heterocycles. The summed E-state index contributed by atoms with van der Waals surface area (Å²) in [5.41, 5.74) is 1.31. The van der Waals surface area contributed by atoms with Gasteiger partial charge in [-0.2, -0.15) is 0 Å². The van der Waals surface area contributed by atoms with Crippen molar-refractivity contribution in [2.75, 3.05) is 13.1 Å². The SMILES string of the molecule is O=C(O)CN(CC1CC1)C1CC(NCc2ccccc2)C1. The molecular weight excluding hydrogens is 264 g/mol. The summed E-state index contributed by atoms with van der Waals surface area (Å²) in [5, 5.41) is 12.6. The molecule has 1 aromatic rings. The summed E-state index contributed by atoms with van der Waals surface area (Å²) < 4.78 is 0. The molecule has 0 spiro atoms. The Bertz CT molecular complexity index is 467. The second-order valence-corrected chi connectivity index (χ2v) is 6.46. The summed E-state index contributed by atoms with van der Waals surface area (Å²) in [4.78, 5) is 13.2. The van der Waals surface area contributed by atoms with Gasteiger partial charge < -0.3 is 10.4 Å². The minimum atomic E-state index is -0.698. The van der Waals surface area contributed by atoms with Crippen molar-refractivity contribution in [3.05, 3.63) is 35.9 Å². The summed E-state index contributed by atoms with van der Waals surface area (Å²) in [5.74, 6) is 0.0528. The highest BCUT2D eigenvalue weighted by Gasteiger charge is 2.36.